The van der Waals surface area contributed by atoms with Crippen molar-refractivity contribution in [2.45, 2.75) is 77.4 Å². The van der Waals surface area contributed by atoms with Crippen LogP contribution < -0.4 is 0 Å². The lowest BCUT2D eigenvalue weighted by Gasteiger charge is -2.52. The van der Waals surface area contributed by atoms with Crippen molar-refractivity contribution in [1.29, 1.82) is 0 Å². The Kier molecular flexibility index (Phi) is 6.64. The third kappa shape index (κ3) is 3.61. The zero-order valence-corrected chi connectivity index (χ0v) is 21.0. The summed E-state index contributed by atoms with van der Waals surface area (Å²) >= 11 is 0. The first-order valence-corrected chi connectivity index (χ1v) is 12.5. The van der Waals surface area contributed by atoms with Crippen molar-refractivity contribution in [1.82, 2.24) is 0 Å². The summed E-state index contributed by atoms with van der Waals surface area (Å²) in [6.07, 6.45) is 0.408. The SMILES string of the molecule is CCCCC(=O)Cc1ccc2c(c1O)C(=O)C1C(=O)C3(O)C(=O)C(C(C)=O)=C(C)CC3C(O)C1C2C. The molecule has 0 heterocycles. The van der Waals surface area contributed by atoms with Crippen LogP contribution in [0.4, 0.5) is 0 Å². The maximum absolute atomic E-state index is 13.7. The number of aliphatic hydroxyl groups is 2. The molecule has 0 amide bonds. The van der Waals surface area contributed by atoms with Crippen LogP contribution in [0.5, 0.6) is 5.75 Å². The lowest BCUT2D eigenvalue weighted by atomic mass is 9.51. The van der Waals surface area contributed by atoms with E-state index >= 15 is 0 Å². The van der Waals surface area contributed by atoms with E-state index in [-0.39, 0.29) is 41.1 Å². The Morgan fingerprint density at radius 2 is 1.83 bits per heavy atom. The van der Waals surface area contributed by atoms with Gasteiger partial charge in [0.2, 0.25) is 5.78 Å². The van der Waals surface area contributed by atoms with Crippen molar-refractivity contribution < 1.29 is 39.3 Å². The number of aliphatic hydroxyl groups excluding tert-OH is 1. The van der Waals surface area contributed by atoms with Crippen molar-refractivity contribution >= 4 is 28.9 Å². The van der Waals surface area contributed by atoms with Gasteiger partial charge in [0.05, 0.1) is 23.2 Å². The number of carbonyl (C=O) groups excluding carboxylic acids is 5. The van der Waals surface area contributed by atoms with Gasteiger partial charge in [-0.15, -0.1) is 0 Å². The van der Waals surface area contributed by atoms with E-state index in [0.29, 0.717) is 24.0 Å². The Morgan fingerprint density at radius 1 is 1.17 bits per heavy atom. The number of benzene rings is 1. The molecule has 0 spiro atoms. The number of aromatic hydroxyl groups is 1. The minimum Gasteiger partial charge on any atom is -0.507 e. The molecule has 0 saturated heterocycles. The number of allylic oxidation sites excluding steroid dienone is 1. The number of unbranched alkanes of at least 4 members (excludes halogenated alkanes) is 1. The molecule has 3 aliphatic carbocycles. The van der Waals surface area contributed by atoms with E-state index in [0.717, 1.165) is 6.42 Å². The van der Waals surface area contributed by atoms with Crippen LogP contribution >= 0.6 is 0 Å². The van der Waals surface area contributed by atoms with Crippen molar-refractivity contribution in [2.75, 3.05) is 0 Å². The summed E-state index contributed by atoms with van der Waals surface area (Å²) in [6, 6.07) is 3.23. The van der Waals surface area contributed by atoms with Gasteiger partial charge in [-0.25, -0.2) is 0 Å². The molecule has 4 rings (SSSR count). The fraction of sp³-hybridized carbons (Fsp3) is 0.536. The van der Waals surface area contributed by atoms with Gasteiger partial charge in [0.25, 0.3) is 0 Å². The van der Waals surface area contributed by atoms with Gasteiger partial charge in [-0.05, 0) is 38.2 Å². The van der Waals surface area contributed by atoms with Crippen LogP contribution in [0.2, 0.25) is 0 Å². The van der Waals surface area contributed by atoms with Crippen molar-refractivity contribution in [3.05, 3.63) is 40.0 Å². The quantitative estimate of drug-likeness (QED) is 0.402. The van der Waals surface area contributed by atoms with E-state index in [9.17, 15) is 39.3 Å². The molecular formula is C28H32O8. The van der Waals surface area contributed by atoms with Gasteiger partial charge in [0.1, 0.15) is 11.5 Å². The highest BCUT2D eigenvalue weighted by Crippen LogP contribution is 2.54. The third-order valence-corrected chi connectivity index (χ3v) is 8.35. The number of phenols is 1. The number of hydrogen-bond donors (Lipinski definition) is 3. The number of rotatable bonds is 6. The van der Waals surface area contributed by atoms with Crippen LogP contribution in [0.15, 0.2) is 23.3 Å². The lowest BCUT2D eigenvalue weighted by Crippen LogP contribution is -2.69. The van der Waals surface area contributed by atoms with Gasteiger partial charge in [-0.2, -0.15) is 0 Å². The molecule has 0 aliphatic heterocycles. The monoisotopic (exact) mass is 496 g/mol. The first kappa shape index (κ1) is 26.1. The maximum atomic E-state index is 13.7. The number of phenolic OH excluding ortho intramolecular Hbond substituents is 1. The number of carbonyl (C=O) groups is 5. The van der Waals surface area contributed by atoms with Gasteiger partial charge in [0.15, 0.2) is 23.0 Å². The highest BCUT2D eigenvalue weighted by atomic mass is 16.3. The highest BCUT2D eigenvalue weighted by molar-refractivity contribution is 6.32. The first-order valence-electron chi connectivity index (χ1n) is 12.5. The molecule has 1 saturated carbocycles. The summed E-state index contributed by atoms with van der Waals surface area (Å²) < 4.78 is 0. The molecule has 6 unspecified atom stereocenters. The second-order valence-corrected chi connectivity index (χ2v) is 10.5. The van der Waals surface area contributed by atoms with Crippen LogP contribution in [-0.4, -0.2) is 55.9 Å². The molecule has 8 heteroatoms. The van der Waals surface area contributed by atoms with Gasteiger partial charge in [0, 0.05) is 30.2 Å². The molecule has 6 atom stereocenters. The maximum Gasteiger partial charge on any atom is 0.205 e. The van der Waals surface area contributed by atoms with Crippen molar-refractivity contribution in [2.24, 2.45) is 17.8 Å². The second kappa shape index (κ2) is 9.16. The fourth-order valence-electron chi connectivity index (χ4n) is 6.48. The molecule has 1 fully saturated rings. The van der Waals surface area contributed by atoms with Crippen molar-refractivity contribution in [3.63, 3.8) is 0 Å². The number of ketones is 5. The van der Waals surface area contributed by atoms with Crippen LogP contribution in [0, 0.1) is 17.8 Å². The van der Waals surface area contributed by atoms with Crippen LogP contribution in [0.25, 0.3) is 0 Å². The van der Waals surface area contributed by atoms with E-state index in [2.05, 4.69) is 0 Å². The van der Waals surface area contributed by atoms with Crippen molar-refractivity contribution in [3.8, 4) is 5.75 Å². The zero-order valence-electron chi connectivity index (χ0n) is 21.0. The van der Waals surface area contributed by atoms with E-state index in [1.807, 2.05) is 6.92 Å². The van der Waals surface area contributed by atoms with Gasteiger partial charge >= 0.3 is 0 Å². The Bertz CT molecular complexity index is 1220. The molecule has 3 N–H and O–H groups in total. The molecule has 8 nitrogen and oxygen atoms in total. The lowest BCUT2D eigenvalue weighted by molar-refractivity contribution is -0.179. The number of Topliss-reactive ketones (excluding diaryl/α,β-unsaturated/α-hetero) is 5. The minimum atomic E-state index is -2.71. The van der Waals surface area contributed by atoms with Crippen LogP contribution in [0.1, 0.15) is 80.8 Å². The van der Waals surface area contributed by atoms with Gasteiger partial charge in [-0.3, -0.25) is 24.0 Å². The zero-order chi connectivity index (χ0) is 26.7. The predicted octanol–water partition coefficient (Wildman–Crippen LogP) is 2.40. The molecule has 192 valence electrons. The summed E-state index contributed by atoms with van der Waals surface area (Å²) in [4.78, 5) is 65.2. The normalized spacial score (nSPS) is 31.6. The first-order chi connectivity index (χ1) is 16.9. The van der Waals surface area contributed by atoms with E-state index < -0.39 is 58.5 Å². The van der Waals surface area contributed by atoms with Crippen LogP contribution in [0.3, 0.4) is 0 Å². The average molecular weight is 497 g/mol. The minimum absolute atomic E-state index is 0.0366. The predicted molar refractivity (Wildman–Crippen MR) is 129 cm³/mol. The Hall–Kier alpha value is -2.97. The topological polar surface area (TPSA) is 146 Å². The van der Waals surface area contributed by atoms with E-state index in [4.69, 9.17) is 0 Å². The third-order valence-electron chi connectivity index (χ3n) is 8.35. The summed E-state index contributed by atoms with van der Waals surface area (Å²) in [5, 5.41) is 33.8. The van der Waals surface area contributed by atoms with E-state index in [1.54, 1.807) is 26.0 Å². The van der Waals surface area contributed by atoms with E-state index in [1.165, 1.54) is 6.92 Å². The summed E-state index contributed by atoms with van der Waals surface area (Å²) in [5.74, 6) is -8.26. The Morgan fingerprint density at radius 3 is 2.44 bits per heavy atom. The van der Waals surface area contributed by atoms with Crippen LogP contribution in [-0.2, 0) is 25.6 Å². The molecule has 1 aromatic rings. The average Bonchev–Trinajstić information content (AvgIpc) is 2.81. The molecule has 0 bridgehead atoms. The summed E-state index contributed by atoms with van der Waals surface area (Å²) in [7, 11) is 0. The number of fused-ring (bicyclic) bond motifs is 3. The molecule has 0 aromatic heterocycles. The Balaban J connectivity index is 1.80. The highest BCUT2D eigenvalue weighted by Gasteiger charge is 2.67. The fourth-order valence-corrected chi connectivity index (χ4v) is 6.48. The molecule has 3 aliphatic rings. The Labute approximate surface area is 209 Å². The second-order valence-electron chi connectivity index (χ2n) is 10.5. The smallest absolute Gasteiger partial charge is 0.205 e. The summed E-state index contributed by atoms with van der Waals surface area (Å²) in [6.45, 7) is 6.41. The summed E-state index contributed by atoms with van der Waals surface area (Å²) in [5.41, 5.74) is -2.01. The molecule has 0 radical (unpaired) electrons. The molecular weight excluding hydrogens is 464 g/mol. The van der Waals surface area contributed by atoms with Gasteiger partial charge < -0.3 is 15.3 Å². The van der Waals surface area contributed by atoms with Gasteiger partial charge in [-0.1, -0.05) is 38.0 Å². The largest absolute Gasteiger partial charge is 0.507 e. The number of hydrogen-bond acceptors (Lipinski definition) is 8. The molecule has 1 aromatic carbocycles. The molecule has 36 heavy (non-hydrogen) atoms. The standard InChI is InChI=1S/C28H32O8/c1-5-6-7-16(30)11-15-8-9-17-13(3)20-22(25(33)21(17)23(15)31)27(35)28(36)18(24(20)32)10-12(2)19(14(4)29)26(28)34/h8-9,13,18,20,22,24,31-32,36H,5-7,10-11H2,1-4H3.